The third kappa shape index (κ3) is 6.70. The van der Waals surface area contributed by atoms with Crippen molar-refractivity contribution in [2.75, 3.05) is 13.2 Å². The van der Waals surface area contributed by atoms with E-state index in [1.54, 1.807) is 0 Å². The van der Waals surface area contributed by atoms with Crippen molar-refractivity contribution in [2.45, 2.75) is 71.9 Å². The standard InChI is InChI=1S/C15H32O3Si/c1-7-12-13-15(6,9-3)18-19(14-8-2,16-10-4)17-11-5/h9H,3,7-8,10-14H2,1-2,4-6H3. The molecule has 0 aromatic carbocycles. The smallest absolute Gasteiger partial charge is 0.374 e. The first-order chi connectivity index (χ1) is 9.01. The van der Waals surface area contributed by atoms with Crippen LogP contribution in [-0.2, 0) is 13.3 Å². The fourth-order valence-corrected chi connectivity index (χ4v) is 5.10. The minimum absolute atomic E-state index is 0.345. The average Bonchev–Trinajstić information content (AvgIpc) is 2.37. The van der Waals surface area contributed by atoms with Crippen molar-refractivity contribution in [3.63, 3.8) is 0 Å². The third-order valence-corrected chi connectivity index (χ3v) is 6.48. The van der Waals surface area contributed by atoms with Gasteiger partial charge in [-0.1, -0.05) is 39.2 Å². The molecule has 0 aliphatic rings. The predicted octanol–water partition coefficient (Wildman–Crippen LogP) is 4.56. The second kappa shape index (κ2) is 9.70. The second-order valence-corrected chi connectivity index (χ2v) is 7.67. The molecule has 0 N–H and O–H groups in total. The molecule has 0 heterocycles. The number of rotatable bonds is 12. The van der Waals surface area contributed by atoms with Crippen LogP contribution in [0.4, 0.5) is 0 Å². The minimum atomic E-state index is -2.57. The van der Waals surface area contributed by atoms with E-state index in [0.717, 1.165) is 31.7 Å². The second-order valence-electron chi connectivity index (χ2n) is 5.02. The van der Waals surface area contributed by atoms with Crippen LogP contribution in [-0.4, -0.2) is 27.6 Å². The molecular formula is C15H32O3Si. The van der Waals surface area contributed by atoms with E-state index >= 15 is 0 Å². The first-order valence-corrected chi connectivity index (χ1v) is 9.56. The van der Waals surface area contributed by atoms with E-state index in [4.69, 9.17) is 13.3 Å². The topological polar surface area (TPSA) is 27.7 Å². The van der Waals surface area contributed by atoms with Gasteiger partial charge in [-0.3, -0.25) is 0 Å². The lowest BCUT2D eigenvalue weighted by Crippen LogP contribution is -2.51. The number of unbranched alkanes of at least 4 members (excludes halogenated alkanes) is 1. The summed E-state index contributed by atoms with van der Waals surface area (Å²) in [7, 11) is -2.57. The van der Waals surface area contributed by atoms with Crippen LogP contribution < -0.4 is 0 Å². The normalized spacial score (nSPS) is 15.2. The Kier molecular flexibility index (Phi) is 9.61. The van der Waals surface area contributed by atoms with Gasteiger partial charge in [0, 0.05) is 19.3 Å². The highest BCUT2D eigenvalue weighted by atomic mass is 28.4. The molecule has 0 spiro atoms. The van der Waals surface area contributed by atoms with Crippen LogP contribution in [0.25, 0.3) is 0 Å². The Hall–Kier alpha value is -0.163. The van der Waals surface area contributed by atoms with Crippen LogP contribution in [0.2, 0.25) is 6.04 Å². The van der Waals surface area contributed by atoms with Gasteiger partial charge in [0.1, 0.15) is 0 Å². The van der Waals surface area contributed by atoms with Crippen molar-refractivity contribution in [3.8, 4) is 0 Å². The lowest BCUT2D eigenvalue weighted by molar-refractivity contribution is -0.0000165. The zero-order valence-electron chi connectivity index (χ0n) is 13.5. The molecule has 3 nitrogen and oxygen atoms in total. The molecule has 19 heavy (non-hydrogen) atoms. The molecular weight excluding hydrogens is 256 g/mol. The minimum Gasteiger partial charge on any atom is -0.374 e. The maximum absolute atomic E-state index is 6.37. The van der Waals surface area contributed by atoms with E-state index in [1.807, 2.05) is 19.9 Å². The molecule has 0 fully saturated rings. The van der Waals surface area contributed by atoms with Crippen molar-refractivity contribution in [2.24, 2.45) is 0 Å². The Morgan fingerprint density at radius 2 is 1.63 bits per heavy atom. The molecule has 114 valence electrons. The van der Waals surface area contributed by atoms with E-state index in [1.165, 1.54) is 0 Å². The summed E-state index contributed by atoms with van der Waals surface area (Å²) in [5.74, 6) is 0. The fraction of sp³-hybridized carbons (Fsp3) is 0.867. The summed E-state index contributed by atoms with van der Waals surface area (Å²) in [6.07, 6.45) is 6.15. The van der Waals surface area contributed by atoms with Gasteiger partial charge < -0.3 is 13.3 Å². The van der Waals surface area contributed by atoms with Crippen LogP contribution in [0.3, 0.4) is 0 Å². The molecule has 0 bridgehead atoms. The molecule has 0 aliphatic heterocycles. The van der Waals surface area contributed by atoms with Gasteiger partial charge in [0.25, 0.3) is 0 Å². The van der Waals surface area contributed by atoms with Gasteiger partial charge in [0.15, 0.2) is 0 Å². The Morgan fingerprint density at radius 1 is 1.05 bits per heavy atom. The monoisotopic (exact) mass is 288 g/mol. The Labute approximate surface area is 120 Å². The Morgan fingerprint density at radius 3 is 2.00 bits per heavy atom. The molecule has 0 rings (SSSR count). The van der Waals surface area contributed by atoms with Crippen LogP contribution in [0.5, 0.6) is 0 Å². The van der Waals surface area contributed by atoms with E-state index in [9.17, 15) is 0 Å². The predicted molar refractivity (Wildman–Crippen MR) is 83.3 cm³/mol. The zero-order chi connectivity index (χ0) is 14.8. The van der Waals surface area contributed by atoms with Crippen LogP contribution in [0.15, 0.2) is 12.7 Å². The average molecular weight is 289 g/mol. The molecule has 0 aromatic rings. The zero-order valence-corrected chi connectivity index (χ0v) is 14.5. The van der Waals surface area contributed by atoms with Crippen molar-refractivity contribution >= 4 is 8.80 Å². The summed E-state index contributed by atoms with van der Waals surface area (Å²) >= 11 is 0. The molecule has 0 saturated heterocycles. The van der Waals surface area contributed by atoms with E-state index in [2.05, 4.69) is 27.4 Å². The van der Waals surface area contributed by atoms with Gasteiger partial charge in [0.2, 0.25) is 0 Å². The van der Waals surface area contributed by atoms with E-state index < -0.39 is 8.80 Å². The summed E-state index contributed by atoms with van der Waals surface area (Å²) in [4.78, 5) is 0. The maximum Gasteiger partial charge on any atom is 0.501 e. The maximum atomic E-state index is 6.37. The molecule has 1 atom stereocenters. The van der Waals surface area contributed by atoms with Gasteiger partial charge in [-0.05, 0) is 27.2 Å². The lowest BCUT2D eigenvalue weighted by Gasteiger charge is -2.37. The highest BCUT2D eigenvalue weighted by Crippen LogP contribution is 2.29. The summed E-state index contributed by atoms with van der Waals surface area (Å²) in [6, 6.07) is 0.865. The Bertz CT molecular complexity index is 229. The van der Waals surface area contributed by atoms with Crippen molar-refractivity contribution in [1.29, 1.82) is 0 Å². The van der Waals surface area contributed by atoms with Crippen LogP contribution in [0, 0.1) is 0 Å². The van der Waals surface area contributed by atoms with Gasteiger partial charge in [-0.15, -0.1) is 6.58 Å². The molecule has 0 amide bonds. The number of hydrogen-bond donors (Lipinski definition) is 0. The van der Waals surface area contributed by atoms with Crippen molar-refractivity contribution in [1.82, 2.24) is 0 Å². The third-order valence-electron chi connectivity index (χ3n) is 3.13. The highest BCUT2D eigenvalue weighted by molar-refractivity contribution is 6.60. The highest BCUT2D eigenvalue weighted by Gasteiger charge is 2.44. The van der Waals surface area contributed by atoms with Crippen molar-refractivity contribution in [3.05, 3.63) is 12.7 Å². The van der Waals surface area contributed by atoms with Gasteiger partial charge in [-0.2, -0.15) is 0 Å². The quantitative estimate of drug-likeness (QED) is 0.389. The van der Waals surface area contributed by atoms with Crippen molar-refractivity contribution < 1.29 is 13.3 Å². The van der Waals surface area contributed by atoms with Gasteiger partial charge in [-0.25, -0.2) is 0 Å². The molecule has 0 saturated carbocycles. The van der Waals surface area contributed by atoms with Crippen LogP contribution >= 0.6 is 0 Å². The van der Waals surface area contributed by atoms with Gasteiger partial charge >= 0.3 is 8.80 Å². The van der Waals surface area contributed by atoms with E-state index in [-0.39, 0.29) is 5.60 Å². The van der Waals surface area contributed by atoms with Crippen LogP contribution in [0.1, 0.15) is 60.3 Å². The van der Waals surface area contributed by atoms with Gasteiger partial charge in [0.05, 0.1) is 5.60 Å². The summed E-state index contributed by atoms with van der Waals surface area (Å²) in [6.45, 7) is 15.6. The SMILES string of the molecule is C=CC(C)(CCCC)O[Si](CCC)(OCC)OCC. The summed E-state index contributed by atoms with van der Waals surface area (Å²) < 4.78 is 18.2. The Balaban J connectivity index is 4.95. The molecule has 1 unspecified atom stereocenters. The largest absolute Gasteiger partial charge is 0.501 e. The molecule has 0 aliphatic carbocycles. The summed E-state index contributed by atoms with van der Waals surface area (Å²) in [5, 5.41) is 0. The molecule has 4 heteroatoms. The summed E-state index contributed by atoms with van der Waals surface area (Å²) in [5.41, 5.74) is -0.345. The molecule has 0 aromatic heterocycles. The number of hydrogen-bond acceptors (Lipinski definition) is 3. The first kappa shape index (κ1) is 18.8. The first-order valence-electron chi connectivity index (χ1n) is 7.63. The fourth-order valence-electron chi connectivity index (χ4n) is 2.12. The van der Waals surface area contributed by atoms with E-state index in [0.29, 0.717) is 13.2 Å². The lowest BCUT2D eigenvalue weighted by atomic mass is 10.00. The molecule has 0 radical (unpaired) electrons.